The summed E-state index contributed by atoms with van der Waals surface area (Å²) < 4.78 is 20.6. The Balaban J connectivity index is 1.34. The Morgan fingerprint density at radius 3 is 2.52 bits per heavy atom. The summed E-state index contributed by atoms with van der Waals surface area (Å²) in [6, 6.07) is 6.40. The number of hydrogen-bond acceptors (Lipinski definition) is 6. The first kappa shape index (κ1) is 16.2. The molecule has 2 aliphatic heterocycles. The van der Waals surface area contributed by atoms with E-state index >= 15 is 0 Å². The van der Waals surface area contributed by atoms with Crippen LogP contribution < -0.4 is 9.91 Å². The normalized spacial score (nSPS) is 16.6. The van der Waals surface area contributed by atoms with Crippen LogP contribution in [0.5, 0.6) is 0 Å². The Labute approximate surface area is 156 Å². The largest absolute Gasteiger partial charge is 0.372 e. The van der Waals surface area contributed by atoms with E-state index in [2.05, 4.69) is 47.7 Å². The van der Waals surface area contributed by atoms with E-state index in [4.69, 9.17) is 4.74 Å². The van der Waals surface area contributed by atoms with Gasteiger partial charge in [0.05, 0.1) is 38.7 Å². The summed E-state index contributed by atoms with van der Waals surface area (Å²) in [7, 11) is 0. The summed E-state index contributed by atoms with van der Waals surface area (Å²) in [5, 5.41) is 2.26. The fourth-order valence-corrected chi connectivity index (χ4v) is 3.62. The van der Waals surface area contributed by atoms with Crippen molar-refractivity contribution in [3.63, 3.8) is 0 Å². The SMILES string of the molecule is Fc1cnc(N2CCN(n3ccnc3-c3ccc4c(c3)COC4)CC2)nc1. The second kappa shape index (κ2) is 6.62. The number of halogens is 1. The molecule has 1 aromatic carbocycles. The Morgan fingerprint density at radius 1 is 0.926 bits per heavy atom. The molecule has 0 saturated carbocycles. The van der Waals surface area contributed by atoms with Crippen LogP contribution in [0.2, 0.25) is 0 Å². The zero-order chi connectivity index (χ0) is 18.2. The van der Waals surface area contributed by atoms with Crippen molar-refractivity contribution < 1.29 is 9.13 Å². The van der Waals surface area contributed by atoms with Gasteiger partial charge in [-0.15, -0.1) is 0 Å². The van der Waals surface area contributed by atoms with Gasteiger partial charge in [-0.25, -0.2) is 24.0 Å². The van der Waals surface area contributed by atoms with Crippen molar-refractivity contribution in [1.29, 1.82) is 0 Å². The minimum Gasteiger partial charge on any atom is -0.372 e. The number of fused-ring (bicyclic) bond motifs is 1. The van der Waals surface area contributed by atoms with E-state index in [0.29, 0.717) is 19.2 Å². The molecule has 1 saturated heterocycles. The van der Waals surface area contributed by atoms with Gasteiger partial charge >= 0.3 is 0 Å². The summed E-state index contributed by atoms with van der Waals surface area (Å²) in [5.41, 5.74) is 3.58. The number of hydrogen-bond donors (Lipinski definition) is 0. The third-order valence-electron chi connectivity index (χ3n) is 5.05. The van der Waals surface area contributed by atoms with Crippen LogP contribution in [0, 0.1) is 5.82 Å². The van der Waals surface area contributed by atoms with Crippen molar-refractivity contribution in [3.8, 4) is 11.4 Å². The van der Waals surface area contributed by atoms with Gasteiger partial charge < -0.3 is 14.6 Å². The van der Waals surface area contributed by atoms with Gasteiger partial charge in [0.25, 0.3) is 0 Å². The minimum absolute atomic E-state index is 0.416. The second-order valence-corrected chi connectivity index (χ2v) is 6.71. The molecule has 1 fully saturated rings. The number of imidazole rings is 1. The van der Waals surface area contributed by atoms with E-state index in [-0.39, 0.29) is 0 Å². The molecule has 0 aliphatic carbocycles. The summed E-state index contributed by atoms with van der Waals surface area (Å²) in [5.74, 6) is 1.08. The zero-order valence-corrected chi connectivity index (χ0v) is 14.8. The van der Waals surface area contributed by atoms with Gasteiger partial charge in [-0.05, 0) is 17.2 Å². The number of piperazine rings is 1. The predicted octanol–water partition coefficient (Wildman–Crippen LogP) is 1.97. The molecule has 0 amide bonds. The lowest BCUT2D eigenvalue weighted by Crippen LogP contribution is -2.51. The maximum Gasteiger partial charge on any atom is 0.225 e. The van der Waals surface area contributed by atoms with Crippen LogP contribution >= 0.6 is 0 Å². The second-order valence-electron chi connectivity index (χ2n) is 6.71. The molecule has 8 heteroatoms. The van der Waals surface area contributed by atoms with Gasteiger partial charge in [-0.3, -0.25) is 0 Å². The topological polar surface area (TPSA) is 59.3 Å². The molecule has 0 bridgehead atoms. The molecular formula is C19H19FN6O. The smallest absolute Gasteiger partial charge is 0.225 e. The van der Waals surface area contributed by atoms with Crippen LogP contribution in [0.25, 0.3) is 11.4 Å². The van der Waals surface area contributed by atoms with Crippen molar-refractivity contribution in [3.05, 3.63) is 59.9 Å². The summed E-state index contributed by atoms with van der Waals surface area (Å²) in [4.78, 5) is 14.8. The van der Waals surface area contributed by atoms with E-state index in [9.17, 15) is 4.39 Å². The number of anilines is 1. The van der Waals surface area contributed by atoms with Crippen LogP contribution in [0.1, 0.15) is 11.1 Å². The van der Waals surface area contributed by atoms with Gasteiger partial charge in [-0.2, -0.15) is 0 Å². The molecule has 0 radical (unpaired) electrons. The average Bonchev–Trinajstić information content (AvgIpc) is 3.37. The lowest BCUT2D eigenvalue weighted by Gasteiger charge is -2.36. The van der Waals surface area contributed by atoms with Crippen molar-refractivity contribution >= 4 is 5.95 Å². The highest BCUT2D eigenvalue weighted by molar-refractivity contribution is 5.59. The molecule has 0 unspecified atom stereocenters. The molecule has 0 spiro atoms. The van der Waals surface area contributed by atoms with Crippen molar-refractivity contribution in [1.82, 2.24) is 19.6 Å². The number of nitrogens with zero attached hydrogens (tertiary/aromatic N) is 6. The number of aromatic nitrogens is 4. The van der Waals surface area contributed by atoms with Crippen LogP contribution in [0.15, 0.2) is 43.0 Å². The standard InChI is InChI=1S/C19H19FN6O/c20-17-10-22-19(23-11-17)24-5-7-25(8-6-24)26-4-3-21-18(26)14-1-2-15-12-27-13-16(15)9-14/h1-4,9-11H,5-8,12-13H2. The third-order valence-corrected chi connectivity index (χ3v) is 5.05. The van der Waals surface area contributed by atoms with Gasteiger partial charge in [0.15, 0.2) is 11.6 Å². The van der Waals surface area contributed by atoms with E-state index in [1.54, 1.807) is 0 Å². The lowest BCUT2D eigenvalue weighted by molar-refractivity contribution is 0.134. The van der Waals surface area contributed by atoms with Crippen molar-refractivity contribution in [2.45, 2.75) is 13.2 Å². The molecule has 138 valence electrons. The fraction of sp³-hybridized carbons (Fsp3) is 0.316. The Bertz CT molecular complexity index is 949. The lowest BCUT2D eigenvalue weighted by atomic mass is 10.1. The first-order valence-electron chi connectivity index (χ1n) is 8.99. The van der Waals surface area contributed by atoms with Crippen LogP contribution in [-0.2, 0) is 18.0 Å². The average molecular weight is 366 g/mol. The highest BCUT2D eigenvalue weighted by Crippen LogP contribution is 2.26. The number of ether oxygens (including phenoxy) is 1. The molecule has 2 aromatic heterocycles. The molecule has 27 heavy (non-hydrogen) atoms. The fourth-order valence-electron chi connectivity index (χ4n) is 3.62. The molecule has 4 heterocycles. The third kappa shape index (κ3) is 3.02. The van der Waals surface area contributed by atoms with Crippen LogP contribution in [0.3, 0.4) is 0 Å². The van der Waals surface area contributed by atoms with Crippen molar-refractivity contribution in [2.24, 2.45) is 0 Å². The highest BCUT2D eigenvalue weighted by atomic mass is 19.1. The van der Waals surface area contributed by atoms with E-state index < -0.39 is 5.82 Å². The van der Waals surface area contributed by atoms with E-state index in [0.717, 1.165) is 37.6 Å². The van der Waals surface area contributed by atoms with Crippen molar-refractivity contribution in [2.75, 3.05) is 36.1 Å². The maximum atomic E-state index is 13.0. The molecular weight excluding hydrogens is 347 g/mol. The monoisotopic (exact) mass is 366 g/mol. The van der Waals surface area contributed by atoms with Gasteiger partial charge in [0.1, 0.15) is 0 Å². The Morgan fingerprint density at radius 2 is 1.70 bits per heavy atom. The summed E-state index contributed by atoms with van der Waals surface area (Å²) >= 11 is 0. The first-order valence-corrected chi connectivity index (χ1v) is 8.99. The quantitative estimate of drug-likeness (QED) is 0.706. The van der Waals surface area contributed by atoms with Gasteiger partial charge in [-0.1, -0.05) is 12.1 Å². The molecule has 7 nitrogen and oxygen atoms in total. The maximum absolute atomic E-state index is 13.0. The van der Waals surface area contributed by atoms with E-state index in [1.165, 1.54) is 23.5 Å². The van der Waals surface area contributed by atoms with E-state index in [1.807, 2.05) is 12.4 Å². The number of rotatable bonds is 3. The van der Waals surface area contributed by atoms with Crippen LogP contribution in [0.4, 0.5) is 10.3 Å². The molecule has 5 rings (SSSR count). The molecule has 3 aromatic rings. The summed E-state index contributed by atoms with van der Waals surface area (Å²) in [6.07, 6.45) is 6.23. The predicted molar refractivity (Wildman–Crippen MR) is 98.3 cm³/mol. The van der Waals surface area contributed by atoms with Gasteiger partial charge in [0.2, 0.25) is 5.95 Å². The Kier molecular flexibility index (Phi) is 3.97. The molecule has 0 atom stereocenters. The number of benzene rings is 1. The Hall–Kier alpha value is -3.00. The zero-order valence-electron chi connectivity index (χ0n) is 14.8. The minimum atomic E-state index is -0.416. The molecule has 0 N–H and O–H groups in total. The first-order chi connectivity index (χ1) is 13.3. The van der Waals surface area contributed by atoms with Crippen LogP contribution in [-0.4, -0.2) is 45.8 Å². The summed E-state index contributed by atoms with van der Waals surface area (Å²) in [6.45, 7) is 4.50. The van der Waals surface area contributed by atoms with Gasteiger partial charge in [0, 0.05) is 31.0 Å². The highest BCUT2D eigenvalue weighted by Gasteiger charge is 2.22. The molecule has 2 aliphatic rings.